The van der Waals surface area contributed by atoms with Crippen molar-refractivity contribution in [1.29, 1.82) is 0 Å². The second-order valence-corrected chi connectivity index (χ2v) is 4.33. The van der Waals surface area contributed by atoms with Crippen molar-refractivity contribution in [3.05, 3.63) is 24.7 Å². The molecular formula is C12H12N4O2. The monoisotopic (exact) mass is 244 g/mol. The van der Waals surface area contributed by atoms with Gasteiger partial charge in [0.1, 0.15) is 5.52 Å². The van der Waals surface area contributed by atoms with Gasteiger partial charge in [-0.1, -0.05) is 0 Å². The van der Waals surface area contributed by atoms with Gasteiger partial charge in [-0.25, -0.2) is 15.0 Å². The third kappa shape index (κ3) is 1.75. The number of aliphatic carboxylic acids is 1. The van der Waals surface area contributed by atoms with E-state index in [2.05, 4.69) is 15.0 Å². The first-order valence-corrected chi connectivity index (χ1v) is 5.79. The summed E-state index contributed by atoms with van der Waals surface area (Å²) < 4.78 is 0. The van der Waals surface area contributed by atoms with Gasteiger partial charge in [-0.2, -0.15) is 0 Å². The average Bonchev–Trinajstić information content (AvgIpc) is 2.87. The molecule has 0 aromatic carbocycles. The Balaban J connectivity index is 1.98. The molecule has 0 saturated carbocycles. The SMILES string of the molecule is O=C(O)C1CCN(c2ccnc3nccnc23)C1. The molecular weight excluding hydrogens is 232 g/mol. The highest BCUT2D eigenvalue weighted by Crippen LogP contribution is 2.27. The summed E-state index contributed by atoms with van der Waals surface area (Å²) in [7, 11) is 0. The first-order chi connectivity index (χ1) is 8.75. The molecule has 0 spiro atoms. The van der Waals surface area contributed by atoms with Crippen LogP contribution in [0, 0.1) is 5.92 Å². The van der Waals surface area contributed by atoms with Gasteiger partial charge in [-0.05, 0) is 12.5 Å². The van der Waals surface area contributed by atoms with E-state index >= 15 is 0 Å². The van der Waals surface area contributed by atoms with Crippen LogP contribution < -0.4 is 4.90 Å². The second-order valence-electron chi connectivity index (χ2n) is 4.33. The lowest BCUT2D eigenvalue weighted by atomic mass is 10.1. The molecule has 1 aliphatic heterocycles. The number of carboxylic acid groups (broad SMARTS) is 1. The largest absolute Gasteiger partial charge is 0.481 e. The van der Waals surface area contributed by atoms with Crippen LogP contribution in [0.1, 0.15) is 6.42 Å². The fourth-order valence-electron chi connectivity index (χ4n) is 2.30. The molecule has 18 heavy (non-hydrogen) atoms. The van der Waals surface area contributed by atoms with Crippen LogP contribution in [-0.2, 0) is 4.79 Å². The van der Waals surface area contributed by atoms with Gasteiger partial charge >= 0.3 is 5.97 Å². The van der Waals surface area contributed by atoms with Crippen LogP contribution in [0.4, 0.5) is 5.69 Å². The predicted octanol–water partition coefficient (Wildman–Crippen LogP) is 0.936. The molecule has 92 valence electrons. The van der Waals surface area contributed by atoms with Crippen molar-refractivity contribution in [3.8, 4) is 0 Å². The Morgan fingerprint density at radius 3 is 2.83 bits per heavy atom. The second kappa shape index (κ2) is 4.21. The van der Waals surface area contributed by atoms with Crippen LogP contribution in [0.3, 0.4) is 0 Å². The highest BCUT2D eigenvalue weighted by molar-refractivity contribution is 5.85. The van der Waals surface area contributed by atoms with Crippen molar-refractivity contribution in [3.63, 3.8) is 0 Å². The molecule has 1 fully saturated rings. The zero-order chi connectivity index (χ0) is 12.5. The summed E-state index contributed by atoms with van der Waals surface area (Å²) in [5, 5.41) is 9.02. The van der Waals surface area contributed by atoms with Crippen molar-refractivity contribution in [2.24, 2.45) is 5.92 Å². The first-order valence-electron chi connectivity index (χ1n) is 5.79. The van der Waals surface area contributed by atoms with E-state index in [1.807, 2.05) is 11.0 Å². The molecule has 3 rings (SSSR count). The van der Waals surface area contributed by atoms with Crippen LogP contribution in [0.25, 0.3) is 11.2 Å². The van der Waals surface area contributed by atoms with E-state index in [0.29, 0.717) is 18.6 Å². The van der Waals surface area contributed by atoms with Crippen molar-refractivity contribution in [1.82, 2.24) is 15.0 Å². The fourth-order valence-corrected chi connectivity index (χ4v) is 2.30. The number of anilines is 1. The van der Waals surface area contributed by atoms with Crippen LogP contribution in [0.15, 0.2) is 24.7 Å². The molecule has 3 heterocycles. The number of hydrogen-bond acceptors (Lipinski definition) is 5. The molecule has 0 radical (unpaired) electrons. The Kier molecular flexibility index (Phi) is 2.55. The number of fused-ring (bicyclic) bond motifs is 1. The van der Waals surface area contributed by atoms with Crippen molar-refractivity contribution in [2.45, 2.75) is 6.42 Å². The van der Waals surface area contributed by atoms with Gasteiger partial charge in [0.25, 0.3) is 0 Å². The standard InChI is InChI=1S/C12H12N4O2/c17-12(18)8-2-6-16(7-8)9-1-3-14-11-10(9)13-4-5-15-11/h1,3-5,8H,2,6-7H2,(H,17,18). The lowest BCUT2D eigenvalue weighted by molar-refractivity contribution is -0.140. The Morgan fingerprint density at radius 1 is 1.28 bits per heavy atom. The molecule has 6 nitrogen and oxygen atoms in total. The molecule has 1 aliphatic rings. The van der Waals surface area contributed by atoms with Crippen molar-refractivity contribution in [2.75, 3.05) is 18.0 Å². The molecule has 1 N–H and O–H groups in total. The number of nitrogens with zero attached hydrogens (tertiary/aromatic N) is 4. The van der Waals surface area contributed by atoms with E-state index in [4.69, 9.17) is 5.11 Å². The third-order valence-electron chi connectivity index (χ3n) is 3.23. The molecule has 1 saturated heterocycles. The van der Waals surface area contributed by atoms with Crippen LogP contribution in [0.2, 0.25) is 0 Å². The Bertz CT molecular complexity index is 596. The Labute approximate surface area is 103 Å². The van der Waals surface area contributed by atoms with Gasteiger partial charge in [0, 0.05) is 31.7 Å². The van der Waals surface area contributed by atoms with Gasteiger partial charge in [0.15, 0.2) is 5.65 Å². The molecule has 2 aromatic rings. The minimum absolute atomic E-state index is 0.301. The molecule has 6 heteroatoms. The quantitative estimate of drug-likeness (QED) is 0.846. The van der Waals surface area contributed by atoms with E-state index in [1.165, 1.54) is 0 Å². The van der Waals surface area contributed by atoms with E-state index in [-0.39, 0.29) is 5.92 Å². The summed E-state index contributed by atoms with van der Waals surface area (Å²) in [5.74, 6) is -1.04. The number of carboxylic acids is 1. The highest BCUT2D eigenvalue weighted by atomic mass is 16.4. The summed E-state index contributed by atoms with van der Waals surface area (Å²) in [6.07, 6.45) is 5.57. The number of hydrogen-bond donors (Lipinski definition) is 1. The number of pyridine rings is 1. The molecule has 2 aromatic heterocycles. The zero-order valence-electron chi connectivity index (χ0n) is 9.65. The summed E-state index contributed by atoms with van der Waals surface area (Å²) in [6.45, 7) is 1.25. The summed E-state index contributed by atoms with van der Waals surface area (Å²) >= 11 is 0. The van der Waals surface area contributed by atoms with Gasteiger partial charge in [-0.15, -0.1) is 0 Å². The molecule has 1 atom stereocenters. The Hall–Kier alpha value is -2.24. The molecule has 0 aliphatic carbocycles. The fraction of sp³-hybridized carbons (Fsp3) is 0.333. The maximum Gasteiger partial charge on any atom is 0.308 e. The maximum atomic E-state index is 11.0. The van der Waals surface area contributed by atoms with E-state index in [1.54, 1.807) is 18.6 Å². The highest BCUT2D eigenvalue weighted by Gasteiger charge is 2.29. The topological polar surface area (TPSA) is 79.2 Å². The van der Waals surface area contributed by atoms with Crippen molar-refractivity contribution < 1.29 is 9.90 Å². The van der Waals surface area contributed by atoms with Gasteiger partial charge in [0.05, 0.1) is 11.6 Å². The maximum absolute atomic E-state index is 11.0. The number of rotatable bonds is 2. The van der Waals surface area contributed by atoms with Crippen LogP contribution >= 0.6 is 0 Å². The minimum atomic E-state index is -0.734. The Morgan fingerprint density at radius 2 is 2.06 bits per heavy atom. The lowest BCUT2D eigenvalue weighted by Gasteiger charge is -2.18. The van der Waals surface area contributed by atoms with Gasteiger partial charge in [0.2, 0.25) is 0 Å². The third-order valence-corrected chi connectivity index (χ3v) is 3.23. The van der Waals surface area contributed by atoms with E-state index < -0.39 is 5.97 Å². The van der Waals surface area contributed by atoms with Crippen molar-refractivity contribution >= 4 is 22.8 Å². The zero-order valence-corrected chi connectivity index (χ0v) is 9.65. The minimum Gasteiger partial charge on any atom is -0.481 e. The normalized spacial score (nSPS) is 19.3. The summed E-state index contributed by atoms with van der Waals surface area (Å²) in [6, 6.07) is 1.86. The number of aromatic nitrogens is 3. The first kappa shape index (κ1) is 10.9. The van der Waals surface area contributed by atoms with E-state index in [9.17, 15) is 4.79 Å². The molecule has 0 bridgehead atoms. The van der Waals surface area contributed by atoms with E-state index in [0.717, 1.165) is 17.7 Å². The predicted molar refractivity (Wildman–Crippen MR) is 65.3 cm³/mol. The molecule has 0 amide bonds. The molecule has 1 unspecified atom stereocenters. The summed E-state index contributed by atoms with van der Waals surface area (Å²) in [5.41, 5.74) is 2.23. The number of carbonyl (C=O) groups is 1. The lowest BCUT2D eigenvalue weighted by Crippen LogP contribution is -2.23. The van der Waals surface area contributed by atoms with Crippen LogP contribution in [-0.4, -0.2) is 39.1 Å². The smallest absolute Gasteiger partial charge is 0.308 e. The summed E-state index contributed by atoms with van der Waals surface area (Å²) in [4.78, 5) is 25.6. The average molecular weight is 244 g/mol. The van der Waals surface area contributed by atoms with Gasteiger partial charge in [-0.3, -0.25) is 4.79 Å². The van der Waals surface area contributed by atoms with Crippen LogP contribution in [0.5, 0.6) is 0 Å². The van der Waals surface area contributed by atoms with Gasteiger partial charge < -0.3 is 10.0 Å².